The van der Waals surface area contributed by atoms with Gasteiger partial charge < -0.3 is 10.2 Å². The van der Waals surface area contributed by atoms with Crippen molar-refractivity contribution in [2.75, 3.05) is 18.0 Å². The Morgan fingerprint density at radius 3 is 2.44 bits per heavy atom. The molecule has 2 rings (SSSR count). The SMILES string of the molecule is CCC1CN(c2nc(C)cc(C)n2)C(CC)CN1. The first kappa shape index (κ1) is 13.3. The monoisotopic (exact) mass is 248 g/mol. The maximum atomic E-state index is 4.61. The molecule has 1 aliphatic heterocycles. The Labute approximate surface area is 110 Å². The molecule has 1 fully saturated rings. The topological polar surface area (TPSA) is 41.1 Å². The fourth-order valence-corrected chi connectivity index (χ4v) is 2.58. The van der Waals surface area contributed by atoms with Crippen molar-refractivity contribution in [1.29, 1.82) is 0 Å². The molecule has 0 amide bonds. The van der Waals surface area contributed by atoms with Gasteiger partial charge >= 0.3 is 0 Å². The molecule has 4 heteroatoms. The van der Waals surface area contributed by atoms with Crippen LogP contribution in [0.15, 0.2) is 6.07 Å². The van der Waals surface area contributed by atoms with E-state index in [0.29, 0.717) is 12.1 Å². The van der Waals surface area contributed by atoms with Crippen molar-refractivity contribution in [1.82, 2.24) is 15.3 Å². The molecule has 0 aromatic carbocycles. The van der Waals surface area contributed by atoms with E-state index in [1.54, 1.807) is 0 Å². The first-order valence-corrected chi connectivity index (χ1v) is 6.96. The summed E-state index contributed by atoms with van der Waals surface area (Å²) in [5.74, 6) is 0.902. The minimum atomic E-state index is 0.508. The summed E-state index contributed by atoms with van der Waals surface area (Å²) in [6.45, 7) is 10.6. The van der Waals surface area contributed by atoms with Gasteiger partial charge in [-0.05, 0) is 32.8 Å². The van der Waals surface area contributed by atoms with Gasteiger partial charge in [-0.25, -0.2) is 9.97 Å². The molecule has 1 aromatic heterocycles. The van der Waals surface area contributed by atoms with Crippen LogP contribution in [0, 0.1) is 13.8 Å². The number of aryl methyl sites for hydroxylation is 2. The van der Waals surface area contributed by atoms with Gasteiger partial charge in [0, 0.05) is 36.6 Å². The molecule has 1 saturated heterocycles. The molecule has 4 nitrogen and oxygen atoms in total. The minimum Gasteiger partial charge on any atom is -0.335 e. The van der Waals surface area contributed by atoms with Gasteiger partial charge in [-0.3, -0.25) is 0 Å². The lowest BCUT2D eigenvalue weighted by Crippen LogP contribution is -2.56. The Morgan fingerprint density at radius 1 is 1.22 bits per heavy atom. The maximum absolute atomic E-state index is 4.61. The summed E-state index contributed by atoms with van der Waals surface area (Å²) in [4.78, 5) is 11.6. The summed E-state index contributed by atoms with van der Waals surface area (Å²) in [5, 5.41) is 3.60. The van der Waals surface area contributed by atoms with Crippen LogP contribution in [0.25, 0.3) is 0 Å². The molecule has 0 radical (unpaired) electrons. The van der Waals surface area contributed by atoms with Crippen LogP contribution in [0.5, 0.6) is 0 Å². The Kier molecular flexibility index (Phi) is 4.17. The number of aromatic nitrogens is 2. The number of hydrogen-bond donors (Lipinski definition) is 1. The zero-order valence-corrected chi connectivity index (χ0v) is 11.9. The number of rotatable bonds is 3. The van der Waals surface area contributed by atoms with E-state index < -0.39 is 0 Å². The van der Waals surface area contributed by atoms with Gasteiger partial charge in [-0.15, -0.1) is 0 Å². The third kappa shape index (κ3) is 2.80. The van der Waals surface area contributed by atoms with Crippen LogP contribution in [-0.4, -0.2) is 35.1 Å². The normalized spacial score (nSPS) is 24.3. The van der Waals surface area contributed by atoms with Gasteiger partial charge in [0.25, 0.3) is 0 Å². The van der Waals surface area contributed by atoms with E-state index in [2.05, 4.69) is 34.0 Å². The average molecular weight is 248 g/mol. The third-order valence-corrected chi connectivity index (χ3v) is 3.69. The molecule has 1 aromatic rings. The highest BCUT2D eigenvalue weighted by molar-refractivity contribution is 5.35. The number of anilines is 1. The highest BCUT2D eigenvalue weighted by Crippen LogP contribution is 2.19. The predicted octanol–water partition coefficient (Wildman–Crippen LogP) is 2.06. The van der Waals surface area contributed by atoms with Crippen molar-refractivity contribution in [3.8, 4) is 0 Å². The van der Waals surface area contributed by atoms with Crippen molar-refractivity contribution in [3.63, 3.8) is 0 Å². The zero-order chi connectivity index (χ0) is 13.1. The van der Waals surface area contributed by atoms with Crippen molar-refractivity contribution in [3.05, 3.63) is 17.5 Å². The highest BCUT2D eigenvalue weighted by Gasteiger charge is 2.27. The molecule has 2 atom stereocenters. The van der Waals surface area contributed by atoms with Crippen molar-refractivity contribution in [2.45, 2.75) is 52.6 Å². The van der Waals surface area contributed by atoms with Crippen LogP contribution in [0.4, 0.5) is 5.95 Å². The minimum absolute atomic E-state index is 0.508. The fourth-order valence-electron chi connectivity index (χ4n) is 2.58. The van der Waals surface area contributed by atoms with E-state index in [1.807, 2.05) is 19.9 Å². The van der Waals surface area contributed by atoms with Gasteiger partial charge in [0.15, 0.2) is 0 Å². The molecule has 0 saturated carbocycles. The van der Waals surface area contributed by atoms with Crippen molar-refractivity contribution in [2.24, 2.45) is 0 Å². The smallest absolute Gasteiger partial charge is 0.226 e. The molecule has 0 aliphatic carbocycles. The first-order valence-electron chi connectivity index (χ1n) is 6.96. The lowest BCUT2D eigenvalue weighted by Gasteiger charge is -2.40. The molecule has 100 valence electrons. The van der Waals surface area contributed by atoms with Crippen LogP contribution in [0.3, 0.4) is 0 Å². The lowest BCUT2D eigenvalue weighted by atomic mass is 10.1. The second-order valence-corrected chi connectivity index (χ2v) is 5.18. The van der Waals surface area contributed by atoms with Crippen LogP contribution < -0.4 is 10.2 Å². The molecule has 0 spiro atoms. The van der Waals surface area contributed by atoms with Crippen LogP contribution in [0.2, 0.25) is 0 Å². The van der Waals surface area contributed by atoms with Crippen LogP contribution >= 0.6 is 0 Å². The molecule has 2 unspecified atom stereocenters. The predicted molar refractivity (Wildman–Crippen MR) is 75.0 cm³/mol. The third-order valence-electron chi connectivity index (χ3n) is 3.69. The summed E-state index contributed by atoms with van der Waals surface area (Å²) >= 11 is 0. The molecular weight excluding hydrogens is 224 g/mol. The second kappa shape index (κ2) is 5.65. The van der Waals surface area contributed by atoms with Crippen LogP contribution in [0.1, 0.15) is 38.1 Å². The van der Waals surface area contributed by atoms with E-state index in [9.17, 15) is 0 Å². The quantitative estimate of drug-likeness (QED) is 0.889. The maximum Gasteiger partial charge on any atom is 0.226 e. The average Bonchev–Trinajstić information content (AvgIpc) is 2.36. The van der Waals surface area contributed by atoms with E-state index in [-0.39, 0.29) is 0 Å². The van der Waals surface area contributed by atoms with E-state index in [4.69, 9.17) is 0 Å². The van der Waals surface area contributed by atoms with Gasteiger partial charge in [-0.1, -0.05) is 13.8 Å². The second-order valence-electron chi connectivity index (χ2n) is 5.18. The summed E-state index contributed by atoms with van der Waals surface area (Å²) in [6.07, 6.45) is 2.28. The Morgan fingerprint density at radius 2 is 1.89 bits per heavy atom. The zero-order valence-electron chi connectivity index (χ0n) is 11.9. The number of nitrogens with zero attached hydrogens (tertiary/aromatic N) is 3. The summed E-state index contributed by atoms with van der Waals surface area (Å²) < 4.78 is 0. The molecule has 1 N–H and O–H groups in total. The van der Waals surface area contributed by atoms with Crippen molar-refractivity contribution >= 4 is 5.95 Å². The number of piperazine rings is 1. The van der Waals surface area contributed by atoms with Crippen molar-refractivity contribution < 1.29 is 0 Å². The van der Waals surface area contributed by atoms with Gasteiger partial charge in [0.1, 0.15) is 0 Å². The molecular formula is C14H24N4. The Balaban J connectivity index is 2.26. The summed E-state index contributed by atoms with van der Waals surface area (Å²) in [6, 6.07) is 3.09. The molecule has 2 heterocycles. The number of nitrogens with one attached hydrogen (secondary N) is 1. The largest absolute Gasteiger partial charge is 0.335 e. The fraction of sp³-hybridized carbons (Fsp3) is 0.714. The van der Waals surface area contributed by atoms with E-state index in [0.717, 1.165) is 43.3 Å². The van der Waals surface area contributed by atoms with Gasteiger partial charge in [0.05, 0.1) is 0 Å². The highest BCUT2D eigenvalue weighted by atomic mass is 15.3. The summed E-state index contributed by atoms with van der Waals surface area (Å²) in [7, 11) is 0. The lowest BCUT2D eigenvalue weighted by molar-refractivity contribution is 0.374. The Bertz CT molecular complexity index is 385. The molecule has 1 aliphatic rings. The standard InChI is InChI=1S/C14H24N4/c1-5-12-9-18(13(6-2)8-15-12)14-16-10(3)7-11(4)17-14/h7,12-13,15H,5-6,8-9H2,1-4H3. The van der Waals surface area contributed by atoms with E-state index >= 15 is 0 Å². The number of hydrogen-bond acceptors (Lipinski definition) is 4. The van der Waals surface area contributed by atoms with Crippen LogP contribution in [-0.2, 0) is 0 Å². The molecule has 0 bridgehead atoms. The molecule has 18 heavy (non-hydrogen) atoms. The summed E-state index contributed by atoms with van der Waals surface area (Å²) in [5.41, 5.74) is 2.11. The van der Waals surface area contributed by atoms with E-state index in [1.165, 1.54) is 0 Å². The van der Waals surface area contributed by atoms with Gasteiger partial charge in [-0.2, -0.15) is 0 Å². The van der Waals surface area contributed by atoms with Gasteiger partial charge in [0.2, 0.25) is 5.95 Å². The first-order chi connectivity index (χ1) is 8.63. The Hall–Kier alpha value is -1.16.